The number of hydrogen-bond acceptors (Lipinski definition) is 4. The second-order valence-electron chi connectivity index (χ2n) is 3.83. The van der Waals surface area contributed by atoms with Crippen molar-refractivity contribution in [3.05, 3.63) is 12.7 Å². The van der Waals surface area contributed by atoms with Crippen molar-refractivity contribution >= 4 is 16.0 Å². The minimum atomic E-state index is -7.23. The molecular formula is C10H12F9NO4S. The van der Waals surface area contributed by atoms with Gasteiger partial charge in [-0.3, -0.25) is 0 Å². The van der Waals surface area contributed by atoms with Gasteiger partial charge in [-0.2, -0.15) is 39.5 Å². The van der Waals surface area contributed by atoms with Gasteiger partial charge in [0.15, 0.2) is 0 Å². The van der Waals surface area contributed by atoms with Crippen LogP contribution in [-0.2, 0) is 19.6 Å². The first-order valence-corrected chi connectivity index (χ1v) is 7.28. The van der Waals surface area contributed by atoms with Gasteiger partial charge in [-0.1, -0.05) is 6.58 Å². The molecule has 15 heteroatoms. The third-order valence-corrected chi connectivity index (χ3v) is 3.64. The lowest BCUT2D eigenvalue weighted by molar-refractivity contribution is -0.382. The van der Waals surface area contributed by atoms with E-state index in [-0.39, 0.29) is 13.0 Å². The van der Waals surface area contributed by atoms with Crippen LogP contribution in [0.3, 0.4) is 0 Å². The maximum absolute atomic E-state index is 12.6. The Morgan fingerprint density at radius 3 is 1.64 bits per heavy atom. The van der Waals surface area contributed by atoms with E-state index in [1.165, 1.54) is 0 Å². The zero-order valence-corrected chi connectivity index (χ0v) is 13.3. The topological polar surface area (TPSA) is 72.5 Å². The van der Waals surface area contributed by atoms with Crippen molar-refractivity contribution in [2.24, 2.45) is 0 Å². The van der Waals surface area contributed by atoms with E-state index in [2.05, 4.69) is 11.3 Å². The Bertz CT molecular complexity index is 571. The van der Waals surface area contributed by atoms with Gasteiger partial charge in [0.05, 0.1) is 6.61 Å². The fourth-order valence-corrected chi connectivity index (χ4v) is 1.58. The summed E-state index contributed by atoms with van der Waals surface area (Å²) >= 11 is 0. The van der Waals surface area contributed by atoms with Crippen LogP contribution >= 0.6 is 0 Å². The standard InChI is InChI=1S/C5H4F9NO2S.C5H8O2/c1-15-18(16,17)5(13,14)3(8,9)2(6,7)4(10,11)12;1-3-5(6)7-4-2/h15H,1H3;3H,1,4H2,2H3. The molecule has 0 rings (SSSR count). The van der Waals surface area contributed by atoms with Crippen LogP contribution in [-0.4, -0.2) is 51.3 Å². The highest BCUT2D eigenvalue weighted by molar-refractivity contribution is 7.90. The summed E-state index contributed by atoms with van der Waals surface area (Å²) in [5.74, 6) is -14.8. The maximum atomic E-state index is 12.6. The minimum Gasteiger partial charge on any atom is -0.463 e. The quantitative estimate of drug-likeness (QED) is 0.413. The summed E-state index contributed by atoms with van der Waals surface area (Å²) in [6.07, 6.45) is -5.91. The maximum Gasteiger partial charge on any atom is 0.460 e. The second kappa shape index (κ2) is 8.25. The number of hydrogen-bond donors (Lipinski definition) is 1. The predicted octanol–water partition coefficient (Wildman–Crippen LogP) is 2.70. The largest absolute Gasteiger partial charge is 0.463 e. The van der Waals surface area contributed by atoms with Crippen LogP contribution < -0.4 is 4.72 Å². The molecule has 0 aliphatic carbocycles. The van der Waals surface area contributed by atoms with Gasteiger partial charge in [0, 0.05) is 6.08 Å². The van der Waals surface area contributed by atoms with Crippen LogP contribution in [0.5, 0.6) is 0 Å². The minimum absolute atomic E-state index is 0.144. The predicted molar refractivity (Wildman–Crippen MR) is 65.7 cm³/mol. The number of carbonyl (C=O) groups excluding carboxylic acids is 1. The molecular weight excluding hydrogens is 401 g/mol. The van der Waals surface area contributed by atoms with Gasteiger partial charge in [-0.15, -0.1) is 0 Å². The van der Waals surface area contributed by atoms with Gasteiger partial charge in [-0.25, -0.2) is 17.9 Å². The third kappa shape index (κ3) is 5.23. The average Bonchev–Trinajstić information content (AvgIpc) is 2.46. The van der Waals surface area contributed by atoms with Gasteiger partial charge in [0.25, 0.3) is 10.0 Å². The normalized spacial score (nSPS) is 13.6. The van der Waals surface area contributed by atoms with Crippen molar-refractivity contribution in [3.8, 4) is 0 Å². The number of halogens is 9. The molecule has 0 aromatic carbocycles. The number of ether oxygens (including phenoxy) is 1. The summed E-state index contributed by atoms with van der Waals surface area (Å²) in [5.41, 5.74) is 0. The molecule has 0 saturated carbocycles. The molecule has 0 aliphatic rings. The van der Waals surface area contributed by atoms with Gasteiger partial charge >= 0.3 is 29.2 Å². The highest BCUT2D eigenvalue weighted by Gasteiger charge is 2.85. The Balaban J connectivity index is 0. The molecule has 5 nitrogen and oxygen atoms in total. The van der Waals surface area contributed by atoms with E-state index in [0.717, 1.165) is 6.08 Å². The Morgan fingerprint density at radius 1 is 1.04 bits per heavy atom. The van der Waals surface area contributed by atoms with Crippen LogP contribution in [0.4, 0.5) is 39.5 Å². The van der Waals surface area contributed by atoms with Crippen LogP contribution in [0, 0.1) is 0 Å². The van der Waals surface area contributed by atoms with E-state index in [0.29, 0.717) is 11.3 Å². The summed E-state index contributed by atoms with van der Waals surface area (Å²) < 4.78 is 135. The van der Waals surface area contributed by atoms with Crippen LogP contribution in [0.1, 0.15) is 6.92 Å². The first kappa shape index (κ1) is 25.7. The van der Waals surface area contributed by atoms with Crippen LogP contribution in [0.25, 0.3) is 0 Å². The zero-order chi connectivity index (χ0) is 20.9. The van der Waals surface area contributed by atoms with Gasteiger partial charge in [0.2, 0.25) is 0 Å². The lowest BCUT2D eigenvalue weighted by atomic mass is 10.1. The molecule has 0 heterocycles. The van der Waals surface area contributed by atoms with Gasteiger partial charge in [0.1, 0.15) is 0 Å². The zero-order valence-electron chi connectivity index (χ0n) is 12.4. The molecule has 0 amide bonds. The summed E-state index contributed by atoms with van der Waals surface area (Å²) in [7, 11) is -6.27. The Labute approximate surface area is 135 Å². The van der Waals surface area contributed by atoms with Gasteiger partial charge in [-0.05, 0) is 14.0 Å². The fraction of sp³-hybridized carbons (Fsp3) is 0.700. The van der Waals surface area contributed by atoms with E-state index >= 15 is 0 Å². The highest BCUT2D eigenvalue weighted by Crippen LogP contribution is 2.54. The van der Waals surface area contributed by atoms with E-state index in [4.69, 9.17) is 0 Å². The molecule has 0 spiro atoms. The Morgan fingerprint density at radius 2 is 1.44 bits per heavy atom. The van der Waals surface area contributed by atoms with Crippen molar-refractivity contribution in [2.75, 3.05) is 13.7 Å². The lowest BCUT2D eigenvalue weighted by Gasteiger charge is -2.32. The molecule has 150 valence electrons. The average molecular weight is 413 g/mol. The summed E-state index contributed by atoms with van der Waals surface area (Å²) in [4.78, 5) is 10.1. The van der Waals surface area contributed by atoms with Crippen molar-refractivity contribution in [3.63, 3.8) is 0 Å². The first-order chi connectivity index (χ1) is 10.9. The van der Waals surface area contributed by atoms with Crippen molar-refractivity contribution < 1.29 is 57.5 Å². The second-order valence-corrected chi connectivity index (χ2v) is 5.75. The number of nitrogens with one attached hydrogen (secondary N) is 1. The third-order valence-electron chi connectivity index (χ3n) is 2.18. The number of alkyl halides is 9. The van der Waals surface area contributed by atoms with Crippen LogP contribution in [0.2, 0.25) is 0 Å². The van der Waals surface area contributed by atoms with E-state index in [9.17, 15) is 52.7 Å². The molecule has 0 unspecified atom stereocenters. The summed E-state index contributed by atoms with van der Waals surface area (Å²) in [5, 5.41) is -6.66. The van der Waals surface area contributed by atoms with Crippen molar-refractivity contribution in [2.45, 2.75) is 30.2 Å². The Kier molecular flexibility index (Phi) is 8.49. The molecule has 0 saturated heterocycles. The van der Waals surface area contributed by atoms with Crippen LogP contribution in [0.15, 0.2) is 12.7 Å². The molecule has 0 aliphatic heterocycles. The molecule has 0 atom stereocenters. The monoisotopic (exact) mass is 413 g/mol. The summed E-state index contributed by atoms with van der Waals surface area (Å²) in [6.45, 7) is 5.38. The SMILES string of the molecule is C=CC(=O)OCC.CNS(=O)(=O)C(F)(F)C(F)(F)C(F)(F)C(F)(F)F. The molecule has 25 heavy (non-hydrogen) atoms. The van der Waals surface area contributed by atoms with Crippen molar-refractivity contribution in [1.82, 2.24) is 4.72 Å². The lowest BCUT2D eigenvalue weighted by Crippen LogP contribution is -2.64. The highest BCUT2D eigenvalue weighted by atomic mass is 32.2. The molecule has 0 bridgehead atoms. The molecule has 0 fully saturated rings. The molecule has 0 aromatic heterocycles. The van der Waals surface area contributed by atoms with E-state index < -0.39 is 33.3 Å². The molecule has 0 radical (unpaired) electrons. The van der Waals surface area contributed by atoms with E-state index in [1.807, 2.05) is 0 Å². The van der Waals surface area contributed by atoms with Crippen molar-refractivity contribution in [1.29, 1.82) is 0 Å². The molecule has 0 aromatic rings. The number of carbonyl (C=O) groups is 1. The first-order valence-electron chi connectivity index (χ1n) is 5.79. The van der Waals surface area contributed by atoms with Gasteiger partial charge < -0.3 is 4.74 Å². The van der Waals surface area contributed by atoms with E-state index in [1.54, 1.807) is 6.92 Å². The number of rotatable bonds is 6. The molecule has 1 N–H and O–H groups in total. The number of esters is 1. The fourth-order valence-electron chi connectivity index (χ4n) is 0.859. The summed E-state index contributed by atoms with van der Waals surface area (Å²) in [6, 6.07) is 0. The smallest absolute Gasteiger partial charge is 0.460 e. The number of sulfonamides is 1. The Hall–Kier alpha value is -1.51.